The van der Waals surface area contributed by atoms with Crippen molar-refractivity contribution in [3.8, 4) is 0 Å². The number of fused-ring (bicyclic) bond motifs is 1. The van der Waals surface area contributed by atoms with Crippen LogP contribution in [0.15, 0.2) is 30.5 Å². The van der Waals surface area contributed by atoms with E-state index in [0.29, 0.717) is 0 Å². The third-order valence-electron chi connectivity index (χ3n) is 3.44. The van der Waals surface area contributed by atoms with Crippen LogP contribution in [-0.2, 0) is 11.8 Å². The normalized spacial score (nSPS) is 23.6. The van der Waals surface area contributed by atoms with Crippen LogP contribution < -0.4 is 0 Å². The minimum Gasteiger partial charge on any atom is -0.481 e. The minimum atomic E-state index is -0.670. The van der Waals surface area contributed by atoms with E-state index in [1.54, 1.807) is 0 Å². The molecule has 2 atom stereocenters. The van der Waals surface area contributed by atoms with Crippen LogP contribution in [0.2, 0.25) is 0 Å². The van der Waals surface area contributed by atoms with E-state index in [4.69, 9.17) is 5.11 Å². The van der Waals surface area contributed by atoms with E-state index in [9.17, 15) is 4.79 Å². The summed E-state index contributed by atoms with van der Waals surface area (Å²) in [6.45, 7) is 0. The van der Waals surface area contributed by atoms with Crippen LogP contribution in [-0.4, -0.2) is 15.6 Å². The van der Waals surface area contributed by atoms with Gasteiger partial charge in [-0.05, 0) is 23.4 Å². The zero-order chi connectivity index (χ0) is 11.3. The number of rotatable bonds is 2. The Hall–Kier alpha value is -1.77. The van der Waals surface area contributed by atoms with Gasteiger partial charge in [0.2, 0.25) is 0 Å². The molecule has 0 radical (unpaired) electrons. The molecular weight excluding hydrogens is 202 g/mol. The Balaban J connectivity index is 2.11. The third-order valence-corrected chi connectivity index (χ3v) is 3.44. The van der Waals surface area contributed by atoms with Crippen molar-refractivity contribution in [3.63, 3.8) is 0 Å². The van der Waals surface area contributed by atoms with Gasteiger partial charge in [0, 0.05) is 19.2 Å². The molecule has 1 fully saturated rings. The Bertz CT molecular complexity index is 570. The molecule has 3 nitrogen and oxygen atoms in total. The lowest BCUT2D eigenvalue weighted by molar-refractivity contribution is -0.138. The van der Waals surface area contributed by atoms with Crippen molar-refractivity contribution >= 4 is 16.9 Å². The molecule has 1 aromatic heterocycles. The largest absolute Gasteiger partial charge is 0.481 e. The van der Waals surface area contributed by atoms with Crippen molar-refractivity contribution in [1.82, 2.24) is 4.57 Å². The highest BCUT2D eigenvalue weighted by Crippen LogP contribution is 2.49. The zero-order valence-corrected chi connectivity index (χ0v) is 9.05. The van der Waals surface area contributed by atoms with Gasteiger partial charge in [-0.3, -0.25) is 4.79 Å². The van der Waals surface area contributed by atoms with Crippen LogP contribution in [0, 0.1) is 5.92 Å². The molecule has 82 valence electrons. The Morgan fingerprint density at radius 1 is 1.44 bits per heavy atom. The summed E-state index contributed by atoms with van der Waals surface area (Å²) < 4.78 is 2.07. The number of aryl methyl sites for hydroxylation is 1. The first-order valence-corrected chi connectivity index (χ1v) is 5.45. The molecule has 0 amide bonds. The lowest BCUT2D eigenvalue weighted by Crippen LogP contribution is -2.00. The first kappa shape index (κ1) is 9.46. The lowest BCUT2D eigenvalue weighted by Gasteiger charge is -2.04. The number of nitrogens with zero attached hydrogens (tertiary/aromatic N) is 1. The van der Waals surface area contributed by atoms with Crippen molar-refractivity contribution in [3.05, 3.63) is 36.0 Å². The molecule has 2 unspecified atom stereocenters. The number of aliphatic carboxylic acids is 1. The van der Waals surface area contributed by atoms with E-state index in [0.717, 1.165) is 6.42 Å². The van der Waals surface area contributed by atoms with Gasteiger partial charge in [0.05, 0.1) is 11.4 Å². The van der Waals surface area contributed by atoms with Gasteiger partial charge in [0.15, 0.2) is 0 Å². The molecule has 1 heterocycles. The molecule has 16 heavy (non-hydrogen) atoms. The molecule has 1 aliphatic rings. The molecule has 3 rings (SSSR count). The number of hydrogen-bond acceptors (Lipinski definition) is 1. The molecule has 1 aliphatic carbocycles. The Morgan fingerprint density at radius 2 is 2.25 bits per heavy atom. The average molecular weight is 215 g/mol. The average Bonchev–Trinajstić information content (AvgIpc) is 2.98. The second-order valence-corrected chi connectivity index (χ2v) is 4.50. The second-order valence-electron chi connectivity index (χ2n) is 4.50. The van der Waals surface area contributed by atoms with Gasteiger partial charge in [-0.2, -0.15) is 0 Å². The fourth-order valence-electron chi connectivity index (χ4n) is 2.50. The van der Waals surface area contributed by atoms with Crippen molar-refractivity contribution < 1.29 is 9.90 Å². The first-order chi connectivity index (χ1) is 7.68. The molecule has 0 saturated heterocycles. The molecule has 0 aliphatic heterocycles. The minimum absolute atomic E-state index is 0.180. The molecule has 0 bridgehead atoms. The van der Waals surface area contributed by atoms with Crippen molar-refractivity contribution in [2.75, 3.05) is 0 Å². The number of para-hydroxylation sites is 1. The van der Waals surface area contributed by atoms with Crippen LogP contribution in [0.25, 0.3) is 10.9 Å². The summed E-state index contributed by atoms with van der Waals surface area (Å²) >= 11 is 0. The first-order valence-electron chi connectivity index (χ1n) is 5.45. The Labute approximate surface area is 93.3 Å². The van der Waals surface area contributed by atoms with Gasteiger partial charge in [0.25, 0.3) is 0 Å². The number of aromatic nitrogens is 1. The zero-order valence-electron chi connectivity index (χ0n) is 9.05. The van der Waals surface area contributed by atoms with Crippen LogP contribution in [0.3, 0.4) is 0 Å². The van der Waals surface area contributed by atoms with Gasteiger partial charge < -0.3 is 9.67 Å². The summed E-state index contributed by atoms with van der Waals surface area (Å²) in [5.74, 6) is -0.647. The van der Waals surface area contributed by atoms with Gasteiger partial charge >= 0.3 is 5.97 Å². The maximum absolute atomic E-state index is 10.9. The fraction of sp³-hybridized carbons (Fsp3) is 0.308. The predicted octanol–water partition coefficient (Wildman–Crippen LogP) is 2.37. The summed E-state index contributed by atoms with van der Waals surface area (Å²) in [7, 11) is 2.00. The quantitative estimate of drug-likeness (QED) is 0.835. The molecular formula is C13H13NO2. The highest BCUT2D eigenvalue weighted by atomic mass is 16.4. The molecule has 1 saturated carbocycles. The van der Waals surface area contributed by atoms with Crippen LogP contribution in [0.4, 0.5) is 0 Å². The number of carboxylic acid groups (broad SMARTS) is 1. The smallest absolute Gasteiger partial charge is 0.307 e. The number of carbonyl (C=O) groups is 1. The highest BCUT2D eigenvalue weighted by Gasteiger charge is 2.45. The summed E-state index contributed by atoms with van der Waals surface area (Å²) in [6.07, 6.45) is 2.80. The molecule has 1 aromatic carbocycles. The van der Waals surface area contributed by atoms with E-state index in [2.05, 4.69) is 22.8 Å². The number of benzene rings is 1. The molecule has 2 aromatic rings. The predicted molar refractivity (Wildman–Crippen MR) is 61.4 cm³/mol. The van der Waals surface area contributed by atoms with Crippen molar-refractivity contribution in [2.45, 2.75) is 12.3 Å². The summed E-state index contributed by atoms with van der Waals surface area (Å²) in [6, 6.07) is 8.19. The molecule has 0 spiro atoms. The summed E-state index contributed by atoms with van der Waals surface area (Å²) in [4.78, 5) is 10.9. The van der Waals surface area contributed by atoms with E-state index >= 15 is 0 Å². The topological polar surface area (TPSA) is 42.2 Å². The van der Waals surface area contributed by atoms with Gasteiger partial charge in [-0.25, -0.2) is 0 Å². The SMILES string of the molecule is Cn1ccc2cccc(C3CC3C(=O)O)c21. The number of carboxylic acids is 1. The highest BCUT2D eigenvalue weighted by molar-refractivity contribution is 5.86. The third kappa shape index (κ3) is 1.24. The van der Waals surface area contributed by atoms with Crippen molar-refractivity contribution in [2.24, 2.45) is 13.0 Å². The van der Waals surface area contributed by atoms with Crippen LogP contribution in [0.1, 0.15) is 17.9 Å². The van der Waals surface area contributed by atoms with Gasteiger partial charge in [0.1, 0.15) is 0 Å². The van der Waals surface area contributed by atoms with Crippen LogP contribution in [0.5, 0.6) is 0 Å². The maximum Gasteiger partial charge on any atom is 0.307 e. The van der Waals surface area contributed by atoms with E-state index in [1.165, 1.54) is 16.5 Å². The summed E-state index contributed by atoms with van der Waals surface area (Å²) in [5, 5.41) is 10.2. The van der Waals surface area contributed by atoms with E-state index < -0.39 is 5.97 Å². The van der Waals surface area contributed by atoms with Crippen molar-refractivity contribution in [1.29, 1.82) is 0 Å². The standard InChI is InChI=1S/C13H13NO2/c1-14-6-5-8-3-2-4-9(12(8)14)10-7-11(10)13(15)16/h2-6,10-11H,7H2,1H3,(H,15,16). The monoisotopic (exact) mass is 215 g/mol. The molecule has 3 heteroatoms. The second kappa shape index (κ2) is 3.11. The number of hydrogen-bond donors (Lipinski definition) is 1. The van der Waals surface area contributed by atoms with Crippen LogP contribution >= 0.6 is 0 Å². The van der Waals surface area contributed by atoms with E-state index in [-0.39, 0.29) is 11.8 Å². The van der Waals surface area contributed by atoms with Gasteiger partial charge in [-0.15, -0.1) is 0 Å². The lowest BCUT2D eigenvalue weighted by atomic mass is 10.1. The van der Waals surface area contributed by atoms with Gasteiger partial charge in [-0.1, -0.05) is 18.2 Å². The fourth-order valence-corrected chi connectivity index (χ4v) is 2.50. The Kier molecular flexibility index (Phi) is 1.84. The maximum atomic E-state index is 10.9. The Morgan fingerprint density at radius 3 is 2.94 bits per heavy atom. The molecule has 1 N–H and O–H groups in total. The summed E-state index contributed by atoms with van der Waals surface area (Å²) in [5.41, 5.74) is 2.36. The van der Waals surface area contributed by atoms with E-state index in [1.807, 2.05) is 19.3 Å².